The monoisotopic (exact) mass is 328 g/mol. The van der Waals surface area contributed by atoms with Gasteiger partial charge in [-0.15, -0.1) is 24.2 Å². The van der Waals surface area contributed by atoms with E-state index in [4.69, 9.17) is 0 Å². The molecule has 21 heavy (non-hydrogen) atoms. The van der Waals surface area contributed by atoms with Gasteiger partial charge in [0.05, 0.1) is 5.25 Å². The van der Waals surface area contributed by atoms with Gasteiger partial charge in [-0.05, 0) is 32.4 Å². The van der Waals surface area contributed by atoms with Crippen molar-refractivity contribution in [2.45, 2.75) is 36.8 Å². The summed E-state index contributed by atoms with van der Waals surface area (Å²) in [5.74, 6) is 1.18. The van der Waals surface area contributed by atoms with Crippen LogP contribution in [0.1, 0.15) is 25.3 Å². The first-order valence-corrected chi connectivity index (χ1v) is 8.37. The van der Waals surface area contributed by atoms with Crippen LogP contribution < -0.4 is 5.32 Å². The number of hydrogen-bond acceptors (Lipinski definition) is 3. The second-order valence-electron chi connectivity index (χ2n) is 5.35. The Morgan fingerprint density at radius 1 is 1.43 bits per heavy atom. The fourth-order valence-corrected chi connectivity index (χ4v) is 3.46. The molecule has 118 valence electrons. The first-order valence-electron chi connectivity index (χ1n) is 7.32. The highest BCUT2D eigenvalue weighted by atomic mass is 35.5. The summed E-state index contributed by atoms with van der Waals surface area (Å²) < 4.78 is 0. The number of carbonyl (C=O) groups excluding carboxylic acids is 1. The third-order valence-corrected chi connectivity index (χ3v) is 5.03. The van der Waals surface area contributed by atoms with Crippen molar-refractivity contribution in [3.05, 3.63) is 35.9 Å². The largest absolute Gasteiger partial charge is 0.340 e. The van der Waals surface area contributed by atoms with Crippen LogP contribution in [0.15, 0.2) is 30.3 Å². The molecule has 1 fully saturated rings. The maximum absolute atomic E-state index is 12.5. The fourth-order valence-electron chi connectivity index (χ4n) is 2.54. The van der Waals surface area contributed by atoms with E-state index in [2.05, 4.69) is 17.4 Å². The number of piperidine rings is 1. The zero-order valence-electron chi connectivity index (χ0n) is 12.7. The molecule has 2 unspecified atom stereocenters. The van der Waals surface area contributed by atoms with Crippen LogP contribution in [0.25, 0.3) is 0 Å². The third-order valence-electron chi connectivity index (χ3n) is 3.83. The molecular weight excluding hydrogens is 304 g/mol. The number of amides is 1. The van der Waals surface area contributed by atoms with Gasteiger partial charge in [-0.2, -0.15) is 0 Å². The minimum Gasteiger partial charge on any atom is -0.340 e. The molecule has 1 N–H and O–H groups in total. The molecule has 0 bridgehead atoms. The number of nitrogens with one attached hydrogen (secondary N) is 1. The fraction of sp³-hybridized carbons (Fsp3) is 0.562. The summed E-state index contributed by atoms with van der Waals surface area (Å²) in [6.07, 6.45) is 2.28. The van der Waals surface area contributed by atoms with E-state index in [1.807, 2.05) is 37.1 Å². The van der Waals surface area contributed by atoms with E-state index in [0.717, 1.165) is 25.3 Å². The van der Waals surface area contributed by atoms with Gasteiger partial charge in [0.15, 0.2) is 0 Å². The Balaban J connectivity index is 0.00000220. The predicted octanol–water partition coefficient (Wildman–Crippen LogP) is 2.94. The van der Waals surface area contributed by atoms with Crippen LogP contribution in [0, 0.1) is 0 Å². The summed E-state index contributed by atoms with van der Waals surface area (Å²) in [4.78, 5) is 14.5. The maximum atomic E-state index is 12.5. The first kappa shape index (κ1) is 18.3. The van der Waals surface area contributed by atoms with Crippen LogP contribution in [-0.4, -0.2) is 42.2 Å². The molecule has 1 aromatic carbocycles. The lowest BCUT2D eigenvalue weighted by Crippen LogP contribution is -2.49. The Bertz CT molecular complexity index is 430. The van der Waals surface area contributed by atoms with Crippen molar-refractivity contribution in [1.82, 2.24) is 10.2 Å². The van der Waals surface area contributed by atoms with Crippen molar-refractivity contribution in [3.8, 4) is 0 Å². The van der Waals surface area contributed by atoms with E-state index < -0.39 is 0 Å². The highest BCUT2D eigenvalue weighted by Gasteiger charge is 2.26. The van der Waals surface area contributed by atoms with Crippen molar-refractivity contribution in [2.24, 2.45) is 0 Å². The molecular formula is C16H25ClN2OS. The highest BCUT2D eigenvalue weighted by molar-refractivity contribution is 7.99. The van der Waals surface area contributed by atoms with E-state index in [9.17, 15) is 4.79 Å². The molecule has 0 saturated carbocycles. The molecule has 1 aromatic rings. The molecule has 0 radical (unpaired) electrons. The summed E-state index contributed by atoms with van der Waals surface area (Å²) in [6, 6.07) is 10.8. The summed E-state index contributed by atoms with van der Waals surface area (Å²) in [5.41, 5.74) is 1.28. The van der Waals surface area contributed by atoms with Gasteiger partial charge in [-0.1, -0.05) is 30.3 Å². The van der Waals surface area contributed by atoms with Gasteiger partial charge in [0.2, 0.25) is 5.91 Å². The van der Waals surface area contributed by atoms with Gasteiger partial charge in [-0.3, -0.25) is 4.79 Å². The molecule has 1 amide bonds. The molecule has 3 nitrogen and oxygen atoms in total. The lowest BCUT2D eigenvalue weighted by atomic mass is 10.1. The van der Waals surface area contributed by atoms with Crippen LogP contribution >= 0.6 is 24.2 Å². The molecule has 0 aliphatic carbocycles. The zero-order valence-corrected chi connectivity index (χ0v) is 14.4. The molecule has 0 spiro atoms. The number of hydrogen-bond donors (Lipinski definition) is 1. The Kier molecular flexibility index (Phi) is 8.15. The second kappa shape index (κ2) is 9.34. The van der Waals surface area contributed by atoms with Gasteiger partial charge in [0, 0.05) is 24.9 Å². The lowest BCUT2D eigenvalue weighted by Gasteiger charge is -2.34. The summed E-state index contributed by atoms with van der Waals surface area (Å²) >= 11 is 1.73. The van der Waals surface area contributed by atoms with Gasteiger partial charge in [0.1, 0.15) is 0 Å². The summed E-state index contributed by atoms with van der Waals surface area (Å²) in [6.45, 7) is 3.79. The van der Waals surface area contributed by atoms with Crippen LogP contribution in [-0.2, 0) is 10.5 Å². The molecule has 1 aliphatic heterocycles. The van der Waals surface area contributed by atoms with Crippen LogP contribution in [0.3, 0.4) is 0 Å². The number of halogens is 1. The SMILES string of the molecule is CNC1CCCN(C(=O)C(C)SCc2ccccc2)C1.Cl. The molecule has 1 aliphatic rings. The quantitative estimate of drug-likeness (QED) is 0.902. The highest BCUT2D eigenvalue weighted by Crippen LogP contribution is 2.21. The Labute approximate surface area is 138 Å². The van der Waals surface area contributed by atoms with Gasteiger partial charge in [-0.25, -0.2) is 0 Å². The molecule has 1 heterocycles. The minimum absolute atomic E-state index is 0. The van der Waals surface area contributed by atoms with E-state index in [1.54, 1.807) is 11.8 Å². The van der Waals surface area contributed by atoms with Crippen LogP contribution in [0.4, 0.5) is 0 Å². The van der Waals surface area contributed by atoms with Crippen molar-refractivity contribution in [2.75, 3.05) is 20.1 Å². The average molecular weight is 329 g/mol. The Hall–Kier alpha value is -0.710. The topological polar surface area (TPSA) is 32.3 Å². The minimum atomic E-state index is 0. The number of carbonyl (C=O) groups is 1. The number of likely N-dealkylation sites (tertiary alicyclic amines) is 1. The van der Waals surface area contributed by atoms with Crippen LogP contribution in [0.2, 0.25) is 0 Å². The van der Waals surface area contributed by atoms with Gasteiger partial charge < -0.3 is 10.2 Å². The van der Waals surface area contributed by atoms with E-state index >= 15 is 0 Å². The number of rotatable bonds is 5. The third kappa shape index (κ3) is 5.53. The first-order chi connectivity index (χ1) is 9.70. The van der Waals surface area contributed by atoms with Crippen molar-refractivity contribution in [3.63, 3.8) is 0 Å². The van der Waals surface area contributed by atoms with Crippen molar-refractivity contribution >= 4 is 30.1 Å². The predicted molar refractivity (Wildman–Crippen MR) is 93.1 cm³/mol. The Morgan fingerprint density at radius 2 is 2.14 bits per heavy atom. The number of likely N-dealkylation sites (N-methyl/N-ethyl adjacent to an activating group) is 1. The number of nitrogens with zero attached hydrogens (tertiary/aromatic N) is 1. The maximum Gasteiger partial charge on any atom is 0.235 e. The van der Waals surface area contributed by atoms with Gasteiger partial charge in [0.25, 0.3) is 0 Å². The number of thioether (sulfide) groups is 1. The smallest absolute Gasteiger partial charge is 0.235 e. The second-order valence-corrected chi connectivity index (χ2v) is 6.68. The molecule has 2 atom stereocenters. The normalized spacial score (nSPS) is 19.7. The molecule has 1 saturated heterocycles. The lowest BCUT2D eigenvalue weighted by molar-refractivity contribution is -0.131. The standard InChI is InChI=1S/C16H24N2OS.ClH/c1-13(20-12-14-7-4-3-5-8-14)16(19)18-10-6-9-15(11-18)17-2;/h3-5,7-8,13,15,17H,6,9-12H2,1-2H3;1H. The van der Waals surface area contributed by atoms with Crippen molar-refractivity contribution in [1.29, 1.82) is 0 Å². The molecule has 0 aromatic heterocycles. The summed E-state index contributed by atoms with van der Waals surface area (Å²) in [5, 5.41) is 3.32. The molecule has 2 rings (SSSR count). The van der Waals surface area contributed by atoms with Gasteiger partial charge >= 0.3 is 0 Å². The van der Waals surface area contributed by atoms with E-state index in [1.165, 1.54) is 12.0 Å². The average Bonchev–Trinajstić information content (AvgIpc) is 2.53. The number of benzene rings is 1. The van der Waals surface area contributed by atoms with E-state index in [-0.39, 0.29) is 23.6 Å². The zero-order chi connectivity index (χ0) is 14.4. The Morgan fingerprint density at radius 3 is 2.81 bits per heavy atom. The molecule has 5 heteroatoms. The summed E-state index contributed by atoms with van der Waals surface area (Å²) in [7, 11) is 1.98. The van der Waals surface area contributed by atoms with Crippen LogP contribution in [0.5, 0.6) is 0 Å². The van der Waals surface area contributed by atoms with E-state index in [0.29, 0.717) is 6.04 Å². The van der Waals surface area contributed by atoms with Crippen molar-refractivity contribution < 1.29 is 4.79 Å².